The molecule has 0 spiro atoms. The van der Waals surface area contributed by atoms with Crippen LogP contribution in [0, 0.1) is 0 Å². The molecule has 134 valence electrons. The minimum absolute atomic E-state index is 0.00205. The lowest BCUT2D eigenvalue weighted by atomic mass is 9.88. The summed E-state index contributed by atoms with van der Waals surface area (Å²) >= 11 is 0. The molecule has 1 aromatic rings. The molecule has 24 heavy (non-hydrogen) atoms. The van der Waals surface area contributed by atoms with Crippen LogP contribution in [0.15, 0.2) is 18.2 Å². The van der Waals surface area contributed by atoms with Gasteiger partial charge in [0.15, 0.2) is 6.29 Å². The van der Waals surface area contributed by atoms with Gasteiger partial charge >= 0.3 is 6.18 Å². The summed E-state index contributed by atoms with van der Waals surface area (Å²) in [6.07, 6.45) is -8.21. The van der Waals surface area contributed by atoms with Crippen LogP contribution in [0.1, 0.15) is 5.69 Å². The van der Waals surface area contributed by atoms with Gasteiger partial charge in [0.25, 0.3) is 0 Å². The molecule has 0 unspecified atom stereocenters. The first-order chi connectivity index (χ1) is 11.3. The molecule has 0 amide bonds. The van der Waals surface area contributed by atoms with E-state index in [4.69, 9.17) is 14.2 Å². The number of hydrogen-bond donors (Lipinski definition) is 3. The maximum atomic E-state index is 12.7. The second-order valence-electron chi connectivity index (χ2n) is 5.81. The van der Waals surface area contributed by atoms with Gasteiger partial charge < -0.3 is 29.7 Å². The van der Waals surface area contributed by atoms with Crippen molar-refractivity contribution < 1.29 is 37.6 Å². The predicted octanol–water partition coefficient (Wildman–Crippen LogP) is 0.374. The Morgan fingerprint density at radius 2 is 2.17 bits per heavy atom. The number of anilines is 1. The number of rotatable bonds is 4. The molecule has 5 atom stereocenters. The minimum atomic E-state index is -4.59. The van der Waals surface area contributed by atoms with E-state index in [9.17, 15) is 23.4 Å². The van der Waals surface area contributed by atoms with Crippen LogP contribution >= 0.6 is 0 Å². The number of aromatic nitrogens is 1. The summed E-state index contributed by atoms with van der Waals surface area (Å²) < 4.78 is 54.2. The third-order valence-electron chi connectivity index (χ3n) is 4.11. The van der Waals surface area contributed by atoms with Crippen LogP contribution in [0.3, 0.4) is 0 Å². The van der Waals surface area contributed by atoms with Gasteiger partial charge in [-0.2, -0.15) is 13.2 Å². The van der Waals surface area contributed by atoms with E-state index in [-0.39, 0.29) is 19.0 Å². The Morgan fingerprint density at radius 1 is 1.42 bits per heavy atom. The highest BCUT2D eigenvalue weighted by Crippen LogP contribution is 2.38. The summed E-state index contributed by atoms with van der Waals surface area (Å²) in [7, 11) is 1.42. The lowest BCUT2D eigenvalue weighted by molar-refractivity contribution is -0.227. The Hall–Kier alpha value is -1.46. The van der Waals surface area contributed by atoms with E-state index in [1.807, 2.05) is 0 Å². The molecule has 2 fully saturated rings. The molecule has 2 bridgehead atoms. The lowest BCUT2D eigenvalue weighted by Crippen LogP contribution is -2.64. The number of nitrogens with one attached hydrogen (secondary N) is 1. The fraction of sp³-hybridized carbons (Fsp3) is 0.643. The van der Waals surface area contributed by atoms with E-state index >= 15 is 0 Å². The molecule has 2 aliphatic heterocycles. The van der Waals surface area contributed by atoms with Crippen LogP contribution in [0.5, 0.6) is 0 Å². The molecule has 0 saturated carbocycles. The van der Waals surface area contributed by atoms with Crippen molar-refractivity contribution in [2.75, 3.05) is 25.6 Å². The summed E-state index contributed by atoms with van der Waals surface area (Å²) in [6.45, 7) is 0.00812. The number of aliphatic hydroxyl groups is 2. The number of methoxy groups -OCH3 is 1. The number of halogens is 3. The highest BCUT2D eigenvalue weighted by atomic mass is 19.4. The second-order valence-corrected chi connectivity index (χ2v) is 5.81. The Kier molecular flexibility index (Phi) is 4.43. The van der Waals surface area contributed by atoms with Gasteiger partial charge in [0, 0.05) is 7.11 Å². The number of nitrogens with zero attached hydrogens (tertiary/aromatic N) is 1. The number of hydrogen-bond acceptors (Lipinski definition) is 7. The van der Waals surface area contributed by atoms with Crippen LogP contribution in [-0.2, 0) is 20.4 Å². The average Bonchev–Trinajstić information content (AvgIpc) is 2.92. The molecule has 0 aromatic carbocycles. The molecule has 0 radical (unpaired) electrons. The van der Waals surface area contributed by atoms with Gasteiger partial charge in [-0.25, -0.2) is 4.98 Å². The molecule has 0 aliphatic carbocycles. The highest BCUT2D eigenvalue weighted by molar-refractivity contribution is 5.38. The first-order valence-electron chi connectivity index (χ1n) is 7.22. The maximum absolute atomic E-state index is 12.7. The fourth-order valence-electron chi connectivity index (χ4n) is 2.93. The Labute approximate surface area is 135 Å². The molecule has 3 heterocycles. The Balaban J connectivity index is 1.79. The molecular weight excluding hydrogens is 333 g/mol. The van der Waals surface area contributed by atoms with E-state index in [2.05, 4.69) is 10.3 Å². The van der Waals surface area contributed by atoms with Crippen LogP contribution in [0.4, 0.5) is 19.0 Å². The fourth-order valence-corrected chi connectivity index (χ4v) is 2.93. The number of pyridine rings is 1. The molecular formula is C14H17F3N2O5. The van der Waals surface area contributed by atoms with Crippen LogP contribution < -0.4 is 5.32 Å². The zero-order chi connectivity index (χ0) is 17.5. The third-order valence-corrected chi connectivity index (χ3v) is 4.11. The van der Waals surface area contributed by atoms with E-state index < -0.39 is 42.0 Å². The van der Waals surface area contributed by atoms with Gasteiger partial charge in [-0.05, 0) is 12.1 Å². The first-order valence-corrected chi connectivity index (χ1v) is 7.22. The van der Waals surface area contributed by atoms with Gasteiger partial charge in [0.2, 0.25) is 0 Å². The maximum Gasteiger partial charge on any atom is 0.433 e. The van der Waals surface area contributed by atoms with Crippen molar-refractivity contribution in [1.29, 1.82) is 0 Å². The minimum Gasteiger partial charge on any atom is -0.388 e. The molecule has 1 aromatic heterocycles. The standard InChI is InChI=1S/C14H17F3N2O5/c1-22-5-13-6-23-12(24-13)9(10(20)11(13)21)19-8-4-2-3-7(18-8)14(15,16)17/h2-4,9-12,20-21H,5-6H2,1H3,(H,18,19)/t9-,10-,11-,12+,13+/m1/s1. The van der Waals surface area contributed by atoms with Crippen molar-refractivity contribution in [2.24, 2.45) is 0 Å². The quantitative estimate of drug-likeness (QED) is 0.723. The number of fused-ring (bicyclic) bond motifs is 2. The van der Waals surface area contributed by atoms with Crippen LogP contribution in [0.2, 0.25) is 0 Å². The van der Waals surface area contributed by atoms with E-state index in [1.54, 1.807) is 0 Å². The van der Waals surface area contributed by atoms with Crippen molar-refractivity contribution in [3.05, 3.63) is 23.9 Å². The SMILES string of the molecule is COC[C@@]12CO[C@@H](O1)[C@H](Nc1cccc(C(F)(F)F)n1)[C@@H](O)[C@H]2O. The van der Waals surface area contributed by atoms with Crippen molar-refractivity contribution in [3.63, 3.8) is 0 Å². The number of ether oxygens (including phenoxy) is 3. The van der Waals surface area contributed by atoms with Gasteiger partial charge in [-0.3, -0.25) is 0 Å². The van der Waals surface area contributed by atoms with Gasteiger partial charge in [0.1, 0.15) is 35.4 Å². The van der Waals surface area contributed by atoms with E-state index in [0.29, 0.717) is 0 Å². The van der Waals surface area contributed by atoms with E-state index in [1.165, 1.54) is 19.2 Å². The summed E-state index contributed by atoms with van der Waals surface area (Å²) in [4.78, 5) is 3.47. The van der Waals surface area contributed by atoms with Crippen molar-refractivity contribution in [2.45, 2.75) is 36.3 Å². The van der Waals surface area contributed by atoms with Gasteiger partial charge in [-0.15, -0.1) is 0 Å². The second kappa shape index (κ2) is 6.12. The Morgan fingerprint density at radius 3 is 2.83 bits per heavy atom. The molecule has 3 rings (SSSR count). The van der Waals surface area contributed by atoms with Gasteiger partial charge in [0.05, 0.1) is 13.2 Å². The van der Waals surface area contributed by atoms with Crippen molar-refractivity contribution >= 4 is 5.82 Å². The Bertz CT molecular complexity index is 602. The predicted molar refractivity (Wildman–Crippen MR) is 74.1 cm³/mol. The number of aliphatic hydroxyl groups excluding tert-OH is 2. The summed E-state index contributed by atoms with van der Waals surface area (Å²) in [5.41, 5.74) is -2.27. The molecule has 3 N–H and O–H groups in total. The zero-order valence-electron chi connectivity index (χ0n) is 12.7. The van der Waals surface area contributed by atoms with Gasteiger partial charge in [-0.1, -0.05) is 6.07 Å². The smallest absolute Gasteiger partial charge is 0.388 e. The number of alkyl halides is 3. The first kappa shape index (κ1) is 17.4. The topological polar surface area (TPSA) is 93.1 Å². The zero-order valence-corrected chi connectivity index (χ0v) is 12.7. The third kappa shape index (κ3) is 2.95. The van der Waals surface area contributed by atoms with Crippen LogP contribution in [-0.4, -0.2) is 65.7 Å². The van der Waals surface area contributed by atoms with E-state index in [0.717, 1.165) is 6.07 Å². The highest BCUT2D eigenvalue weighted by Gasteiger charge is 2.59. The molecule has 10 heteroatoms. The largest absolute Gasteiger partial charge is 0.433 e. The molecule has 2 saturated heterocycles. The molecule has 7 nitrogen and oxygen atoms in total. The van der Waals surface area contributed by atoms with Crippen molar-refractivity contribution in [1.82, 2.24) is 4.98 Å². The summed E-state index contributed by atoms with van der Waals surface area (Å²) in [6, 6.07) is 2.36. The summed E-state index contributed by atoms with van der Waals surface area (Å²) in [5.74, 6) is -0.112. The van der Waals surface area contributed by atoms with Crippen LogP contribution in [0.25, 0.3) is 0 Å². The van der Waals surface area contributed by atoms with Crippen molar-refractivity contribution in [3.8, 4) is 0 Å². The summed E-state index contributed by atoms with van der Waals surface area (Å²) in [5, 5.41) is 23.3. The monoisotopic (exact) mass is 350 g/mol. The lowest BCUT2D eigenvalue weighted by Gasteiger charge is -2.42. The molecule has 2 aliphatic rings. The normalized spacial score (nSPS) is 35.9. The average molecular weight is 350 g/mol.